The first kappa shape index (κ1) is 19.8. The smallest absolute Gasteiger partial charge is 0.274 e. The van der Waals surface area contributed by atoms with Crippen LogP contribution in [0.1, 0.15) is 21.6 Å². The van der Waals surface area contributed by atoms with Crippen LogP contribution in [0.4, 0.5) is 0 Å². The molecule has 0 bridgehead atoms. The van der Waals surface area contributed by atoms with Crippen molar-refractivity contribution >= 4 is 5.91 Å². The van der Waals surface area contributed by atoms with Crippen molar-refractivity contribution < 1.29 is 4.79 Å². The maximum absolute atomic E-state index is 13.2. The Bertz CT molecular complexity index is 1080. The standard InChI is InChI=1S/C23H24N6O/c1-16-2-8-20(9-3-16)29-22(18-6-4-17(13-24)5-7-18)12-21(27-29)23(30)28-11-10-26-19(14-25)15-28/h2-9,12,19,26H,10-11,14-15,25H2,1H3. The number of carbonyl (C=O) groups excluding carboxylic acids is 1. The maximum Gasteiger partial charge on any atom is 0.274 e. The van der Waals surface area contributed by atoms with Crippen LogP contribution < -0.4 is 11.1 Å². The third kappa shape index (κ3) is 3.96. The van der Waals surface area contributed by atoms with Gasteiger partial charge in [0.1, 0.15) is 0 Å². The van der Waals surface area contributed by atoms with E-state index >= 15 is 0 Å². The maximum atomic E-state index is 13.2. The van der Waals surface area contributed by atoms with Gasteiger partial charge >= 0.3 is 0 Å². The lowest BCUT2D eigenvalue weighted by Gasteiger charge is -2.32. The number of rotatable bonds is 4. The molecule has 152 valence electrons. The molecule has 0 aliphatic carbocycles. The molecule has 1 saturated heterocycles. The third-order valence-electron chi connectivity index (χ3n) is 5.34. The van der Waals surface area contributed by atoms with Gasteiger partial charge in [-0.05, 0) is 37.3 Å². The van der Waals surface area contributed by atoms with E-state index in [9.17, 15) is 4.79 Å². The van der Waals surface area contributed by atoms with Crippen molar-refractivity contribution in [1.82, 2.24) is 20.0 Å². The van der Waals surface area contributed by atoms with Gasteiger partial charge in [0.15, 0.2) is 5.69 Å². The SMILES string of the molecule is Cc1ccc(-n2nc(C(=O)N3CCNC(CN)C3)cc2-c2ccc(C#N)cc2)cc1. The Kier molecular flexibility index (Phi) is 5.61. The topological polar surface area (TPSA) is 100.0 Å². The Labute approximate surface area is 175 Å². The van der Waals surface area contributed by atoms with E-state index in [2.05, 4.69) is 16.5 Å². The summed E-state index contributed by atoms with van der Waals surface area (Å²) in [6.45, 7) is 4.42. The largest absolute Gasteiger partial charge is 0.334 e. The van der Waals surface area contributed by atoms with E-state index in [1.54, 1.807) is 21.7 Å². The van der Waals surface area contributed by atoms with Gasteiger partial charge < -0.3 is 16.0 Å². The number of piperazine rings is 1. The highest BCUT2D eigenvalue weighted by Crippen LogP contribution is 2.25. The summed E-state index contributed by atoms with van der Waals surface area (Å²) in [7, 11) is 0. The van der Waals surface area contributed by atoms with Gasteiger partial charge in [-0.25, -0.2) is 4.68 Å². The summed E-state index contributed by atoms with van der Waals surface area (Å²) in [6, 6.07) is 19.4. The summed E-state index contributed by atoms with van der Waals surface area (Å²) in [5.41, 5.74) is 10.5. The fourth-order valence-corrected chi connectivity index (χ4v) is 3.62. The molecule has 0 spiro atoms. The molecule has 1 amide bonds. The number of amides is 1. The van der Waals surface area contributed by atoms with Crippen molar-refractivity contribution in [2.75, 3.05) is 26.2 Å². The molecule has 1 fully saturated rings. The van der Waals surface area contributed by atoms with Crippen LogP contribution in [-0.2, 0) is 0 Å². The molecule has 7 nitrogen and oxygen atoms in total. The number of nitrogens with zero attached hydrogens (tertiary/aromatic N) is 4. The van der Waals surface area contributed by atoms with Crippen molar-refractivity contribution in [3.8, 4) is 23.0 Å². The number of nitrogens with two attached hydrogens (primary N) is 1. The van der Waals surface area contributed by atoms with Crippen molar-refractivity contribution in [2.45, 2.75) is 13.0 Å². The van der Waals surface area contributed by atoms with Crippen LogP contribution in [-0.4, -0.2) is 52.8 Å². The van der Waals surface area contributed by atoms with Crippen LogP contribution in [0, 0.1) is 18.3 Å². The molecular weight excluding hydrogens is 376 g/mol. The lowest BCUT2D eigenvalue weighted by molar-refractivity contribution is 0.0699. The first-order valence-electron chi connectivity index (χ1n) is 9.99. The molecule has 3 aromatic rings. The Morgan fingerprint density at radius 2 is 1.97 bits per heavy atom. The summed E-state index contributed by atoms with van der Waals surface area (Å²) in [4.78, 5) is 15.0. The van der Waals surface area contributed by atoms with Crippen LogP contribution in [0.3, 0.4) is 0 Å². The Balaban J connectivity index is 1.74. The van der Waals surface area contributed by atoms with Gasteiger partial charge in [-0.2, -0.15) is 10.4 Å². The highest BCUT2D eigenvalue weighted by atomic mass is 16.2. The molecule has 1 unspecified atom stereocenters. The van der Waals surface area contributed by atoms with E-state index in [0.29, 0.717) is 30.9 Å². The Hall–Kier alpha value is -3.47. The number of carbonyl (C=O) groups is 1. The van der Waals surface area contributed by atoms with E-state index in [0.717, 1.165) is 29.1 Å². The minimum Gasteiger partial charge on any atom is -0.334 e. The minimum atomic E-state index is -0.101. The second-order valence-electron chi connectivity index (χ2n) is 7.49. The Morgan fingerprint density at radius 1 is 1.23 bits per heavy atom. The molecule has 2 aromatic carbocycles. The normalized spacial score (nSPS) is 16.3. The van der Waals surface area contributed by atoms with Crippen molar-refractivity contribution in [3.63, 3.8) is 0 Å². The van der Waals surface area contributed by atoms with Gasteiger partial charge in [0, 0.05) is 37.8 Å². The fraction of sp³-hybridized carbons (Fsp3) is 0.261. The quantitative estimate of drug-likeness (QED) is 0.699. The van der Waals surface area contributed by atoms with Gasteiger partial charge in [-0.1, -0.05) is 29.8 Å². The zero-order valence-electron chi connectivity index (χ0n) is 16.9. The number of nitriles is 1. The lowest BCUT2D eigenvalue weighted by atomic mass is 10.1. The van der Waals surface area contributed by atoms with E-state index in [4.69, 9.17) is 11.0 Å². The van der Waals surface area contributed by atoms with Gasteiger partial charge in [-0.15, -0.1) is 0 Å². The number of hydrogen-bond acceptors (Lipinski definition) is 5. The average molecular weight is 400 g/mol. The van der Waals surface area contributed by atoms with Gasteiger partial charge in [0.05, 0.1) is 23.0 Å². The van der Waals surface area contributed by atoms with E-state index in [1.807, 2.05) is 49.4 Å². The molecular formula is C23H24N6O. The van der Waals surface area contributed by atoms with Gasteiger partial charge in [0.25, 0.3) is 5.91 Å². The third-order valence-corrected chi connectivity index (χ3v) is 5.34. The number of benzene rings is 2. The first-order chi connectivity index (χ1) is 14.6. The van der Waals surface area contributed by atoms with E-state index in [-0.39, 0.29) is 11.9 Å². The molecule has 0 radical (unpaired) electrons. The zero-order valence-corrected chi connectivity index (χ0v) is 16.9. The second kappa shape index (κ2) is 8.49. The average Bonchev–Trinajstić information content (AvgIpc) is 3.24. The molecule has 1 atom stereocenters. The number of aryl methyl sites for hydroxylation is 1. The summed E-state index contributed by atoms with van der Waals surface area (Å²) in [6.07, 6.45) is 0. The van der Waals surface area contributed by atoms with Crippen LogP contribution >= 0.6 is 0 Å². The summed E-state index contributed by atoms with van der Waals surface area (Å²) < 4.78 is 1.79. The summed E-state index contributed by atoms with van der Waals surface area (Å²) in [5.74, 6) is -0.101. The van der Waals surface area contributed by atoms with Gasteiger partial charge in [-0.3, -0.25) is 4.79 Å². The van der Waals surface area contributed by atoms with Crippen LogP contribution in [0.5, 0.6) is 0 Å². The second-order valence-corrected chi connectivity index (χ2v) is 7.49. The molecule has 1 aliphatic rings. The van der Waals surface area contributed by atoms with Crippen LogP contribution in [0.15, 0.2) is 54.6 Å². The van der Waals surface area contributed by atoms with E-state index < -0.39 is 0 Å². The molecule has 2 heterocycles. The monoisotopic (exact) mass is 400 g/mol. The fourth-order valence-electron chi connectivity index (χ4n) is 3.62. The lowest BCUT2D eigenvalue weighted by Crippen LogP contribution is -2.55. The zero-order chi connectivity index (χ0) is 21.1. The molecule has 30 heavy (non-hydrogen) atoms. The summed E-state index contributed by atoms with van der Waals surface area (Å²) >= 11 is 0. The number of hydrogen-bond donors (Lipinski definition) is 2. The predicted octanol–water partition coefficient (Wildman–Crippen LogP) is 2.09. The van der Waals surface area contributed by atoms with Crippen LogP contribution in [0.25, 0.3) is 16.9 Å². The number of aromatic nitrogens is 2. The molecule has 7 heteroatoms. The van der Waals surface area contributed by atoms with Crippen molar-refractivity contribution in [2.24, 2.45) is 5.73 Å². The van der Waals surface area contributed by atoms with Crippen LogP contribution in [0.2, 0.25) is 0 Å². The van der Waals surface area contributed by atoms with Crippen molar-refractivity contribution in [3.05, 3.63) is 71.4 Å². The molecule has 0 saturated carbocycles. The van der Waals surface area contributed by atoms with E-state index in [1.165, 1.54) is 0 Å². The molecule has 1 aromatic heterocycles. The van der Waals surface area contributed by atoms with Gasteiger partial charge in [0.2, 0.25) is 0 Å². The number of nitrogens with one attached hydrogen (secondary N) is 1. The Morgan fingerprint density at radius 3 is 2.63 bits per heavy atom. The summed E-state index contributed by atoms with van der Waals surface area (Å²) in [5, 5.41) is 17.1. The minimum absolute atomic E-state index is 0.0971. The molecule has 1 aliphatic heterocycles. The first-order valence-corrected chi connectivity index (χ1v) is 9.99. The predicted molar refractivity (Wildman–Crippen MR) is 115 cm³/mol. The highest BCUT2D eigenvalue weighted by Gasteiger charge is 2.26. The highest BCUT2D eigenvalue weighted by molar-refractivity contribution is 5.93. The van der Waals surface area contributed by atoms with Crippen molar-refractivity contribution in [1.29, 1.82) is 5.26 Å². The molecule has 4 rings (SSSR count). The molecule has 3 N–H and O–H groups in total.